The molecule has 0 aliphatic carbocycles. The molecular formula is C16H23NO2. The molecule has 2 heterocycles. The van der Waals surface area contributed by atoms with Crippen LogP contribution in [-0.2, 0) is 11.2 Å². The van der Waals surface area contributed by atoms with Gasteiger partial charge in [-0.2, -0.15) is 0 Å². The molecule has 0 aromatic heterocycles. The van der Waals surface area contributed by atoms with Crippen LogP contribution in [0.15, 0.2) is 24.3 Å². The Bertz CT molecular complexity index is 378. The van der Waals surface area contributed by atoms with Gasteiger partial charge in [-0.1, -0.05) is 12.1 Å². The molecule has 104 valence electrons. The van der Waals surface area contributed by atoms with Crippen LogP contribution in [0.2, 0.25) is 0 Å². The molecule has 3 heteroatoms. The molecule has 1 aromatic rings. The summed E-state index contributed by atoms with van der Waals surface area (Å²) in [4.78, 5) is 0. The van der Waals surface area contributed by atoms with Gasteiger partial charge in [-0.05, 0) is 43.5 Å². The lowest BCUT2D eigenvalue weighted by Gasteiger charge is -2.23. The second kappa shape index (κ2) is 6.40. The normalized spacial score (nSPS) is 24.5. The SMILES string of the molecule is c1cc(OC2CCOCC2)ccc1CC1CCCN1. The van der Waals surface area contributed by atoms with E-state index in [0.29, 0.717) is 12.1 Å². The maximum Gasteiger partial charge on any atom is 0.119 e. The van der Waals surface area contributed by atoms with Crippen molar-refractivity contribution >= 4 is 0 Å². The monoisotopic (exact) mass is 261 g/mol. The molecule has 0 spiro atoms. The van der Waals surface area contributed by atoms with Crippen molar-refractivity contribution in [3.8, 4) is 5.75 Å². The standard InChI is InChI=1S/C16H23NO2/c1-2-14(17-9-1)12-13-3-5-15(6-4-13)19-16-7-10-18-11-8-16/h3-6,14,16-17H,1-2,7-12H2. The molecule has 0 saturated carbocycles. The number of nitrogens with one attached hydrogen (secondary N) is 1. The van der Waals surface area contributed by atoms with Crippen molar-refractivity contribution in [1.82, 2.24) is 5.32 Å². The first-order valence-corrected chi connectivity index (χ1v) is 7.47. The van der Waals surface area contributed by atoms with E-state index >= 15 is 0 Å². The summed E-state index contributed by atoms with van der Waals surface area (Å²) >= 11 is 0. The average Bonchev–Trinajstić information content (AvgIpc) is 2.95. The first kappa shape index (κ1) is 12.9. The van der Waals surface area contributed by atoms with E-state index < -0.39 is 0 Å². The van der Waals surface area contributed by atoms with Crippen LogP contribution in [0.3, 0.4) is 0 Å². The molecule has 1 N–H and O–H groups in total. The summed E-state index contributed by atoms with van der Waals surface area (Å²) < 4.78 is 11.3. The zero-order valence-electron chi connectivity index (χ0n) is 11.4. The first-order chi connectivity index (χ1) is 9.40. The van der Waals surface area contributed by atoms with Gasteiger partial charge in [0.25, 0.3) is 0 Å². The van der Waals surface area contributed by atoms with Gasteiger partial charge in [-0.15, -0.1) is 0 Å². The summed E-state index contributed by atoms with van der Waals surface area (Å²) in [6.07, 6.45) is 6.10. The molecule has 1 atom stereocenters. The Morgan fingerprint density at radius 2 is 1.89 bits per heavy atom. The van der Waals surface area contributed by atoms with Crippen LogP contribution in [0.25, 0.3) is 0 Å². The van der Waals surface area contributed by atoms with E-state index in [1.54, 1.807) is 0 Å². The van der Waals surface area contributed by atoms with Crippen LogP contribution in [0, 0.1) is 0 Å². The van der Waals surface area contributed by atoms with E-state index in [1.807, 2.05) is 0 Å². The Morgan fingerprint density at radius 3 is 2.58 bits per heavy atom. The van der Waals surface area contributed by atoms with E-state index in [0.717, 1.165) is 38.2 Å². The first-order valence-electron chi connectivity index (χ1n) is 7.47. The highest BCUT2D eigenvalue weighted by Gasteiger charge is 2.16. The minimum Gasteiger partial charge on any atom is -0.490 e. The van der Waals surface area contributed by atoms with Gasteiger partial charge in [-0.3, -0.25) is 0 Å². The van der Waals surface area contributed by atoms with Gasteiger partial charge in [0, 0.05) is 18.9 Å². The lowest BCUT2D eigenvalue weighted by atomic mass is 10.0. The summed E-state index contributed by atoms with van der Waals surface area (Å²) in [5.74, 6) is 0.995. The minimum absolute atomic E-state index is 0.330. The Kier molecular flexibility index (Phi) is 4.36. The van der Waals surface area contributed by atoms with Crippen molar-refractivity contribution in [1.29, 1.82) is 0 Å². The molecule has 1 unspecified atom stereocenters. The number of hydrogen-bond acceptors (Lipinski definition) is 3. The predicted octanol–water partition coefficient (Wildman–Crippen LogP) is 2.54. The Balaban J connectivity index is 1.52. The number of benzene rings is 1. The molecule has 0 bridgehead atoms. The summed E-state index contributed by atoms with van der Waals surface area (Å²) in [5, 5.41) is 3.54. The van der Waals surface area contributed by atoms with Gasteiger partial charge < -0.3 is 14.8 Å². The zero-order valence-corrected chi connectivity index (χ0v) is 11.4. The van der Waals surface area contributed by atoms with Gasteiger partial charge in [0.15, 0.2) is 0 Å². The average molecular weight is 261 g/mol. The highest BCUT2D eigenvalue weighted by Crippen LogP contribution is 2.20. The molecule has 0 radical (unpaired) electrons. The number of ether oxygens (including phenoxy) is 2. The second-order valence-corrected chi connectivity index (χ2v) is 5.57. The maximum atomic E-state index is 5.98. The molecule has 19 heavy (non-hydrogen) atoms. The Hall–Kier alpha value is -1.06. The quantitative estimate of drug-likeness (QED) is 0.903. The molecule has 1 aromatic carbocycles. The molecule has 2 aliphatic heterocycles. The second-order valence-electron chi connectivity index (χ2n) is 5.57. The maximum absolute atomic E-state index is 5.98. The number of hydrogen-bond donors (Lipinski definition) is 1. The van der Waals surface area contributed by atoms with Gasteiger partial charge >= 0.3 is 0 Å². The fourth-order valence-corrected chi connectivity index (χ4v) is 2.91. The summed E-state index contributed by atoms with van der Waals surface area (Å²) in [7, 11) is 0. The summed E-state index contributed by atoms with van der Waals surface area (Å²) in [6, 6.07) is 9.30. The van der Waals surface area contributed by atoms with Crippen LogP contribution in [-0.4, -0.2) is 31.9 Å². The lowest BCUT2D eigenvalue weighted by molar-refractivity contribution is 0.0255. The van der Waals surface area contributed by atoms with E-state index in [9.17, 15) is 0 Å². The van der Waals surface area contributed by atoms with Crippen molar-refractivity contribution in [3.63, 3.8) is 0 Å². The van der Waals surface area contributed by atoms with Gasteiger partial charge in [0.1, 0.15) is 11.9 Å². The van der Waals surface area contributed by atoms with Crippen LogP contribution in [0.1, 0.15) is 31.2 Å². The minimum atomic E-state index is 0.330. The lowest BCUT2D eigenvalue weighted by Crippen LogP contribution is -2.26. The van der Waals surface area contributed by atoms with Crippen molar-refractivity contribution in [3.05, 3.63) is 29.8 Å². The fourth-order valence-electron chi connectivity index (χ4n) is 2.91. The smallest absolute Gasteiger partial charge is 0.119 e. The molecule has 2 saturated heterocycles. The van der Waals surface area contributed by atoms with E-state index in [4.69, 9.17) is 9.47 Å². The van der Waals surface area contributed by atoms with Gasteiger partial charge in [-0.25, -0.2) is 0 Å². The molecule has 0 amide bonds. The van der Waals surface area contributed by atoms with E-state index in [-0.39, 0.29) is 0 Å². The third-order valence-corrected chi connectivity index (χ3v) is 4.04. The Morgan fingerprint density at radius 1 is 1.11 bits per heavy atom. The molecule has 2 fully saturated rings. The topological polar surface area (TPSA) is 30.5 Å². The van der Waals surface area contributed by atoms with Crippen LogP contribution < -0.4 is 10.1 Å². The fraction of sp³-hybridized carbons (Fsp3) is 0.625. The van der Waals surface area contributed by atoms with Crippen molar-refractivity contribution in [2.24, 2.45) is 0 Å². The predicted molar refractivity (Wildman–Crippen MR) is 75.6 cm³/mol. The molecule has 2 aliphatic rings. The van der Waals surface area contributed by atoms with Crippen LogP contribution in [0.4, 0.5) is 0 Å². The molecule has 3 rings (SSSR count). The third kappa shape index (κ3) is 3.71. The van der Waals surface area contributed by atoms with Crippen molar-refractivity contribution < 1.29 is 9.47 Å². The van der Waals surface area contributed by atoms with E-state index in [1.165, 1.54) is 24.9 Å². The van der Waals surface area contributed by atoms with Crippen molar-refractivity contribution in [2.75, 3.05) is 19.8 Å². The van der Waals surface area contributed by atoms with Crippen molar-refractivity contribution in [2.45, 2.75) is 44.2 Å². The largest absolute Gasteiger partial charge is 0.490 e. The van der Waals surface area contributed by atoms with Gasteiger partial charge in [0.05, 0.1) is 13.2 Å². The van der Waals surface area contributed by atoms with Crippen LogP contribution in [0.5, 0.6) is 5.75 Å². The summed E-state index contributed by atoms with van der Waals surface area (Å²) in [5.41, 5.74) is 1.40. The molecular weight excluding hydrogens is 238 g/mol. The van der Waals surface area contributed by atoms with Crippen LogP contribution >= 0.6 is 0 Å². The van der Waals surface area contributed by atoms with Gasteiger partial charge in [0.2, 0.25) is 0 Å². The Labute approximate surface area is 115 Å². The van der Waals surface area contributed by atoms with E-state index in [2.05, 4.69) is 29.6 Å². The number of rotatable bonds is 4. The highest BCUT2D eigenvalue weighted by molar-refractivity contribution is 5.28. The zero-order chi connectivity index (χ0) is 12.9. The summed E-state index contributed by atoms with van der Waals surface area (Å²) in [6.45, 7) is 2.84. The highest BCUT2D eigenvalue weighted by atomic mass is 16.5. The third-order valence-electron chi connectivity index (χ3n) is 4.04. The molecule has 3 nitrogen and oxygen atoms in total.